The lowest BCUT2D eigenvalue weighted by Gasteiger charge is -2.18. The first kappa shape index (κ1) is 18.3. The van der Waals surface area contributed by atoms with Crippen LogP contribution in [-0.2, 0) is 11.3 Å². The van der Waals surface area contributed by atoms with Crippen LogP contribution in [-0.4, -0.2) is 30.3 Å². The SMILES string of the molecule is C=CCn1c(=NC(=O)COc2ccc(C)cc2)sc2cc3c(cc21)OCCO3. The Hall–Kier alpha value is -3.06. The van der Waals surface area contributed by atoms with Gasteiger partial charge >= 0.3 is 0 Å². The van der Waals surface area contributed by atoms with E-state index in [4.69, 9.17) is 14.2 Å². The molecule has 1 aromatic heterocycles. The van der Waals surface area contributed by atoms with E-state index in [-0.39, 0.29) is 12.5 Å². The van der Waals surface area contributed by atoms with Gasteiger partial charge in [0, 0.05) is 18.7 Å². The van der Waals surface area contributed by atoms with Gasteiger partial charge in [-0.1, -0.05) is 35.1 Å². The van der Waals surface area contributed by atoms with Crippen LogP contribution in [0, 0.1) is 6.92 Å². The van der Waals surface area contributed by atoms with E-state index in [2.05, 4.69) is 11.6 Å². The van der Waals surface area contributed by atoms with Gasteiger partial charge in [0.15, 0.2) is 22.9 Å². The van der Waals surface area contributed by atoms with Gasteiger partial charge in [0.25, 0.3) is 5.91 Å². The quantitative estimate of drug-likeness (QED) is 0.620. The molecule has 0 spiro atoms. The van der Waals surface area contributed by atoms with E-state index < -0.39 is 0 Å². The minimum Gasteiger partial charge on any atom is -0.486 e. The van der Waals surface area contributed by atoms with Gasteiger partial charge in [-0.2, -0.15) is 4.99 Å². The maximum Gasteiger partial charge on any atom is 0.286 e. The van der Waals surface area contributed by atoms with E-state index in [9.17, 15) is 4.79 Å². The Morgan fingerprint density at radius 1 is 1.25 bits per heavy atom. The normalized spacial score (nSPS) is 13.5. The number of rotatable bonds is 5. The highest BCUT2D eigenvalue weighted by atomic mass is 32.1. The van der Waals surface area contributed by atoms with Gasteiger partial charge in [0.1, 0.15) is 19.0 Å². The van der Waals surface area contributed by atoms with E-state index >= 15 is 0 Å². The van der Waals surface area contributed by atoms with Crippen molar-refractivity contribution in [1.82, 2.24) is 4.57 Å². The van der Waals surface area contributed by atoms with Crippen LogP contribution in [0.15, 0.2) is 54.0 Å². The molecule has 1 amide bonds. The number of ether oxygens (including phenoxy) is 3. The fraction of sp³-hybridized carbons (Fsp3) is 0.238. The molecule has 28 heavy (non-hydrogen) atoms. The summed E-state index contributed by atoms with van der Waals surface area (Å²) in [5, 5.41) is 0. The van der Waals surface area contributed by atoms with Crippen LogP contribution in [0.1, 0.15) is 5.56 Å². The van der Waals surface area contributed by atoms with E-state index in [1.807, 2.05) is 47.9 Å². The number of thiazole rings is 1. The summed E-state index contributed by atoms with van der Waals surface area (Å²) in [7, 11) is 0. The van der Waals surface area contributed by atoms with Gasteiger partial charge < -0.3 is 18.8 Å². The molecule has 0 saturated carbocycles. The van der Waals surface area contributed by atoms with Gasteiger partial charge in [-0.25, -0.2) is 0 Å². The maximum absolute atomic E-state index is 12.4. The highest BCUT2D eigenvalue weighted by Gasteiger charge is 2.16. The van der Waals surface area contributed by atoms with Gasteiger partial charge in [-0.3, -0.25) is 4.79 Å². The van der Waals surface area contributed by atoms with E-state index in [0.717, 1.165) is 15.8 Å². The van der Waals surface area contributed by atoms with Crippen molar-refractivity contribution in [3.63, 3.8) is 0 Å². The molecule has 0 radical (unpaired) electrons. The Balaban J connectivity index is 1.64. The minimum atomic E-state index is -0.345. The third kappa shape index (κ3) is 3.80. The van der Waals surface area contributed by atoms with E-state index in [0.29, 0.717) is 41.8 Å². The van der Waals surface area contributed by atoms with Crippen molar-refractivity contribution in [2.24, 2.45) is 4.99 Å². The fourth-order valence-corrected chi connectivity index (χ4v) is 3.98. The summed E-state index contributed by atoms with van der Waals surface area (Å²) in [6.07, 6.45) is 1.77. The fourth-order valence-electron chi connectivity index (χ4n) is 2.92. The monoisotopic (exact) mass is 396 g/mol. The molecule has 2 heterocycles. The number of allylic oxidation sites excluding steroid dienone is 1. The summed E-state index contributed by atoms with van der Waals surface area (Å²) in [6.45, 7) is 7.28. The van der Waals surface area contributed by atoms with E-state index in [1.165, 1.54) is 11.3 Å². The lowest BCUT2D eigenvalue weighted by molar-refractivity contribution is -0.120. The van der Waals surface area contributed by atoms with Gasteiger partial charge in [-0.15, -0.1) is 6.58 Å². The molecular weight excluding hydrogens is 376 g/mol. The molecule has 0 N–H and O–H groups in total. The van der Waals surface area contributed by atoms with Crippen molar-refractivity contribution >= 4 is 27.5 Å². The van der Waals surface area contributed by atoms with Crippen molar-refractivity contribution in [3.8, 4) is 17.2 Å². The number of aromatic nitrogens is 1. The van der Waals surface area contributed by atoms with Crippen LogP contribution in [0.4, 0.5) is 0 Å². The molecule has 0 fully saturated rings. The van der Waals surface area contributed by atoms with Crippen LogP contribution in [0.2, 0.25) is 0 Å². The smallest absolute Gasteiger partial charge is 0.286 e. The predicted octanol–water partition coefficient (Wildman–Crippen LogP) is 3.47. The third-order valence-corrected chi connectivity index (χ3v) is 5.30. The Morgan fingerprint density at radius 3 is 2.68 bits per heavy atom. The van der Waals surface area contributed by atoms with Crippen LogP contribution in [0.25, 0.3) is 10.2 Å². The maximum atomic E-state index is 12.4. The second-order valence-electron chi connectivity index (χ2n) is 6.35. The zero-order chi connectivity index (χ0) is 19.5. The molecule has 6 nitrogen and oxygen atoms in total. The largest absolute Gasteiger partial charge is 0.486 e. The second-order valence-corrected chi connectivity index (χ2v) is 7.36. The van der Waals surface area contributed by atoms with Crippen molar-refractivity contribution in [3.05, 3.63) is 59.4 Å². The van der Waals surface area contributed by atoms with Gasteiger partial charge in [-0.05, 0) is 19.1 Å². The number of benzene rings is 2. The highest BCUT2D eigenvalue weighted by molar-refractivity contribution is 7.16. The van der Waals surface area contributed by atoms with Crippen LogP contribution < -0.4 is 19.0 Å². The third-order valence-electron chi connectivity index (χ3n) is 4.26. The Labute approximate surface area is 166 Å². The summed E-state index contributed by atoms with van der Waals surface area (Å²) >= 11 is 1.43. The number of aryl methyl sites for hydroxylation is 1. The molecule has 2 aromatic carbocycles. The average molecular weight is 396 g/mol. The average Bonchev–Trinajstić information content (AvgIpc) is 3.02. The summed E-state index contributed by atoms with van der Waals surface area (Å²) in [6, 6.07) is 11.4. The Kier molecular flexibility index (Phi) is 5.16. The number of hydrogen-bond donors (Lipinski definition) is 0. The number of carbonyl (C=O) groups excluding carboxylic acids is 1. The molecule has 0 bridgehead atoms. The molecule has 1 aliphatic rings. The van der Waals surface area contributed by atoms with Crippen LogP contribution in [0.5, 0.6) is 17.2 Å². The van der Waals surface area contributed by atoms with Crippen molar-refractivity contribution < 1.29 is 19.0 Å². The summed E-state index contributed by atoms with van der Waals surface area (Å²) < 4.78 is 19.8. The molecular formula is C21H20N2O4S. The zero-order valence-electron chi connectivity index (χ0n) is 15.5. The van der Waals surface area contributed by atoms with Crippen molar-refractivity contribution in [2.45, 2.75) is 13.5 Å². The second kappa shape index (κ2) is 7.90. The lowest BCUT2D eigenvalue weighted by atomic mass is 10.2. The zero-order valence-corrected chi connectivity index (χ0v) is 16.3. The molecule has 0 aliphatic carbocycles. The number of nitrogens with zero attached hydrogens (tertiary/aromatic N) is 2. The molecule has 7 heteroatoms. The number of amides is 1. The van der Waals surface area contributed by atoms with Gasteiger partial charge in [0.05, 0.1) is 10.2 Å². The topological polar surface area (TPSA) is 62.1 Å². The van der Waals surface area contributed by atoms with Crippen molar-refractivity contribution in [2.75, 3.05) is 19.8 Å². The molecule has 1 aliphatic heterocycles. The molecule has 0 saturated heterocycles. The Bertz CT molecular complexity index is 1100. The summed E-state index contributed by atoms with van der Waals surface area (Å²) in [5.74, 6) is 1.72. The number of carbonyl (C=O) groups is 1. The summed E-state index contributed by atoms with van der Waals surface area (Å²) in [5.41, 5.74) is 2.06. The Morgan fingerprint density at radius 2 is 1.96 bits per heavy atom. The molecule has 4 rings (SSSR count). The van der Waals surface area contributed by atoms with E-state index in [1.54, 1.807) is 6.08 Å². The van der Waals surface area contributed by atoms with Crippen LogP contribution in [0.3, 0.4) is 0 Å². The molecule has 144 valence electrons. The van der Waals surface area contributed by atoms with Crippen LogP contribution >= 0.6 is 11.3 Å². The highest BCUT2D eigenvalue weighted by Crippen LogP contribution is 2.35. The lowest BCUT2D eigenvalue weighted by Crippen LogP contribution is -2.19. The number of fused-ring (bicyclic) bond motifs is 2. The minimum absolute atomic E-state index is 0.117. The molecule has 0 atom stereocenters. The molecule has 3 aromatic rings. The van der Waals surface area contributed by atoms with Gasteiger partial charge in [0.2, 0.25) is 0 Å². The predicted molar refractivity (Wildman–Crippen MR) is 108 cm³/mol. The number of hydrogen-bond acceptors (Lipinski definition) is 5. The first-order chi connectivity index (χ1) is 13.6. The standard InChI is InChI=1S/C21H20N2O4S/c1-3-8-23-16-11-17-18(26-10-9-25-17)12-19(16)28-21(23)22-20(24)13-27-15-6-4-14(2)5-7-15/h3-7,11-12H,1,8-10,13H2,2H3. The molecule has 0 unspecified atom stereocenters. The first-order valence-corrected chi connectivity index (χ1v) is 9.76. The summed E-state index contributed by atoms with van der Waals surface area (Å²) in [4.78, 5) is 17.2. The van der Waals surface area contributed by atoms with Crippen molar-refractivity contribution in [1.29, 1.82) is 0 Å². The first-order valence-electron chi connectivity index (χ1n) is 8.95.